The summed E-state index contributed by atoms with van der Waals surface area (Å²) in [5.41, 5.74) is 2.18. The molecular formula is C19H24N4O3S. The van der Waals surface area contributed by atoms with Crippen LogP contribution in [-0.4, -0.2) is 47.6 Å². The van der Waals surface area contributed by atoms with Gasteiger partial charge in [-0.1, -0.05) is 11.6 Å². The molecule has 3 heterocycles. The van der Waals surface area contributed by atoms with Crippen molar-refractivity contribution in [1.29, 1.82) is 0 Å². The van der Waals surface area contributed by atoms with E-state index in [0.717, 1.165) is 24.1 Å². The van der Waals surface area contributed by atoms with Gasteiger partial charge in [0.25, 0.3) is 5.91 Å². The number of rotatable bonds is 6. The van der Waals surface area contributed by atoms with Crippen molar-refractivity contribution in [2.45, 2.75) is 26.7 Å². The molecule has 0 bridgehead atoms. The molecule has 2 aromatic heterocycles. The van der Waals surface area contributed by atoms with Crippen LogP contribution in [0.1, 0.15) is 37.0 Å². The topological polar surface area (TPSA) is 83.8 Å². The van der Waals surface area contributed by atoms with Crippen molar-refractivity contribution in [3.05, 3.63) is 58.9 Å². The van der Waals surface area contributed by atoms with Gasteiger partial charge in [-0.2, -0.15) is 4.31 Å². The third-order valence-electron chi connectivity index (χ3n) is 4.59. The van der Waals surface area contributed by atoms with Crippen molar-refractivity contribution in [2.75, 3.05) is 19.6 Å². The average Bonchev–Trinajstić information content (AvgIpc) is 3.35. The van der Waals surface area contributed by atoms with Gasteiger partial charge >= 0.3 is 0 Å². The first kappa shape index (κ1) is 19.3. The molecule has 0 saturated carbocycles. The fraction of sp³-hybridized carbons (Fsp3) is 0.368. The highest BCUT2D eigenvalue weighted by atomic mass is 32.2. The number of nitrogens with one attached hydrogen (secondary N) is 1. The Morgan fingerprint density at radius 3 is 2.70 bits per heavy atom. The van der Waals surface area contributed by atoms with Crippen LogP contribution < -0.4 is 5.32 Å². The molecule has 0 atom stereocenters. The standard InChI is InChI=1S/C19H24N4O3S/c1-15(5-6-16(2)27(25,26)23-10-3-4-11-23)13-21-19(24)17-7-8-18-20-9-12-22(18)14-17/h5-9,12,14H,3-4,10-11,13H2,1-2H3,(H,21,24)/b15-5+,16-6+. The summed E-state index contributed by atoms with van der Waals surface area (Å²) in [7, 11) is -3.37. The van der Waals surface area contributed by atoms with E-state index in [1.165, 1.54) is 4.31 Å². The van der Waals surface area contributed by atoms with Crippen molar-refractivity contribution in [3.63, 3.8) is 0 Å². The van der Waals surface area contributed by atoms with E-state index < -0.39 is 10.0 Å². The molecule has 1 aliphatic rings. The van der Waals surface area contributed by atoms with Gasteiger partial charge in [-0.25, -0.2) is 13.4 Å². The molecule has 1 saturated heterocycles. The lowest BCUT2D eigenvalue weighted by molar-refractivity contribution is 0.0956. The first-order valence-electron chi connectivity index (χ1n) is 8.93. The maximum atomic E-state index is 12.4. The van der Waals surface area contributed by atoms with Crippen LogP contribution in [0.25, 0.3) is 5.65 Å². The number of imidazole rings is 1. The molecule has 8 heteroatoms. The van der Waals surface area contributed by atoms with Gasteiger partial charge in [0.15, 0.2) is 0 Å². The number of nitrogens with zero attached hydrogens (tertiary/aromatic N) is 3. The summed E-state index contributed by atoms with van der Waals surface area (Å²) >= 11 is 0. The smallest absolute Gasteiger partial charge is 0.253 e. The Morgan fingerprint density at radius 1 is 1.22 bits per heavy atom. The van der Waals surface area contributed by atoms with Gasteiger partial charge in [0, 0.05) is 38.2 Å². The van der Waals surface area contributed by atoms with E-state index in [2.05, 4.69) is 10.3 Å². The number of hydrogen-bond donors (Lipinski definition) is 1. The van der Waals surface area contributed by atoms with E-state index in [9.17, 15) is 13.2 Å². The lowest BCUT2D eigenvalue weighted by Gasteiger charge is -2.15. The van der Waals surface area contributed by atoms with Crippen molar-refractivity contribution >= 4 is 21.6 Å². The maximum Gasteiger partial charge on any atom is 0.253 e. The lowest BCUT2D eigenvalue weighted by atomic mass is 10.2. The van der Waals surface area contributed by atoms with Crippen molar-refractivity contribution in [2.24, 2.45) is 0 Å². The predicted molar refractivity (Wildman–Crippen MR) is 105 cm³/mol. The first-order chi connectivity index (χ1) is 12.9. The quantitative estimate of drug-likeness (QED) is 0.770. The molecule has 0 radical (unpaired) electrons. The van der Waals surface area contributed by atoms with Crippen LogP contribution in [0.3, 0.4) is 0 Å². The van der Waals surface area contributed by atoms with Crippen LogP contribution in [0, 0.1) is 0 Å². The minimum atomic E-state index is -3.37. The molecule has 7 nitrogen and oxygen atoms in total. The summed E-state index contributed by atoms with van der Waals surface area (Å²) in [5, 5.41) is 2.84. The molecule has 0 unspecified atom stereocenters. The SMILES string of the molecule is C/C(=C\C=C(/C)S(=O)(=O)N1CCCC1)CNC(=O)c1ccc2nccn2c1. The zero-order valence-corrected chi connectivity index (χ0v) is 16.4. The number of amides is 1. The number of pyridine rings is 1. The number of aromatic nitrogens is 2. The van der Waals surface area contributed by atoms with Crippen LogP contribution in [0.5, 0.6) is 0 Å². The highest BCUT2D eigenvalue weighted by molar-refractivity contribution is 7.93. The zero-order valence-electron chi connectivity index (χ0n) is 15.6. The van der Waals surface area contributed by atoms with E-state index in [-0.39, 0.29) is 5.91 Å². The Labute approximate surface area is 159 Å². The van der Waals surface area contributed by atoms with Crippen LogP contribution in [0.2, 0.25) is 0 Å². The predicted octanol–water partition coefficient (Wildman–Crippen LogP) is 2.34. The van der Waals surface area contributed by atoms with E-state index in [4.69, 9.17) is 0 Å². The second kappa shape index (κ2) is 8.06. The highest BCUT2D eigenvalue weighted by Crippen LogP contribution is 2.19. The third-order valence-corrected chi connectivity index (χ3v) is 6.59. The summed E-state index contributed by atoms with van der Waals surface area (Å²) in [4.78, 5) is 16.8. The van der Waals surface area contributed by atoms with Gasteiger partial charge in [0.2, 0.25) is 10.0 Å². The number of sulfonamides is 1. The normalized spacial score (nSPS) is 16.8. The van der Waals surface area contributed by atoms with Crippen LogP contribution >= 0.6 is 0 Å². The van der Waals surface area contributed by atoms with Crippen LogP contribution in [0.4, 0.5) is 0 Å². The van der Waals surface area contributed by atoms with Gasteiger partial charge in [-0.15, -0.1) is 0 Å². The van der Waals surface area contributed by atoms with Gasteiger partial charge in [0.05, 0.1) is 10.5 Å². The third kappa shape index (κ3) is 4.45. The molecular weight excluding hydrogens is 364 g/mol. The lowest BCUT2D eigenvalue weighted by Crippen LogP contribution is -2.28. The number of carbonyl (C=O) groups excluding carboxylic acids is 1. The molecule has 27 heavy (non-hydrogen) atoms. The Hall–Kier alpha value is -2.45. The van der Waals surface area contributed by atoms with E-state index in [1.807, 2.05) is 6.92 Å². The Kier molecular flexibility index (Phi) is 5.76. The zero-order chi connectivity index (χ0) is 19.4. The number of allylic oxidation sites excluding steroid dienone is 3. The molecule has 1 N–H and O–H groups in total. The molecule has 2 aromatic rings. The molecule has 1 fully saturated rings. The van der Waals surface area contributed by atoms with Crippen molar-refractivity contribution in [3.8, 4) is 0 Å². The number of fused-ring (bicyclic) bond motifs is 1. The molecule has 1 amide bonds. The summed E-state index contributed by atoms with van der Waals surface area (Å²) < 4.78 is 28.2. The second-order valence-corrected chi connectivity index (χ2v) is 8.81. The molecule has 0 aromatic carbocycles. The summed E-state index contributed by atoms with van der Waals surface area (Å²) in [6.07, 6.45) is 10.4. The van der Waals surface area contributed by atoms with E-state index in [1.54, 1.807) is 54.2 Å². The second-order valence-electron chi connectivity index (χ2n) is 6.69. The first-order valence-corrected chi connectivity index (χ1v) is 10.4. The highest BCUT2D eigenvalue weighted by Gasteiger charge is 2.26. The largest absolute Gasteiger partial charge is 0.348 e. The Bertz CT molecular complexity index is 999. The molecule has 144 valence electrons. The van der Waals surface area contributed by atoms with Crippen molar-refractivity contribution < 1.29 is 13.2 Å². The van der Waals surface area contributed by atoms with E-state index >= 15 is 0 Å². The van der Waals surface area contributed by atoms with Crippen LogP contribution in [0.15, 0.2) is 53.4 Å². The fourth-order valence-electron chi connectivity index (χ4n) is 2.91. The van der Waals surface area contributed by atoms with Gasteiger partial charge < -0.3 is 9.72 Å². The Balaban J connectivity index is 1.60. The fourth-order valence-corrected chi connectivity index (χ4v) is 4.30. The number of carbonyl (C=O) groups is 1. The molecule has 1 aliphatic heterocycles. The van der Waals surface area contributed by atoms with Crippen LogP contribution in [-0.2, 0) is 10.0 Å². The van der Waals surface area contributed by atoms with Gasteiger partial charge in [-0.3, -0.25) is 4.79 Å². The van der Waals surface area contributed by atoms with Gasteiger partial charge in [-0.05, 0) is 44.9 Å². The molecule has 0 aliphatic carbocycles. The number of hydrogen-bond acceptors (Lipinski definition) is 4. The molecule has 3 rings (SSSR count). The monoisotopic (exact) mass is 388 g/mol. The Morgan fingerprint density at radius 2 is 1.96 bits per heavy atom. The maximum absolute atomic E-state index is 12.4. The summed E-state index contributed by atoms with van der Waals surface area (Å²) in [6.45, 7) is 4.98. The average molecular weight is 388 g/mol. The minimum Gasteiger partial charge on any atom is -0.348 e. The van der Waals surface area contributed by atoms with Crippen molar-refractivity contribution in [1.82, 2.24) is 19.0 Å². The molecule has 0 spiro atoms. The summed E-state index contributed by atoms with van der Waals surface area (Å²) in [5.74, 6) is -0.191. The van der Waals surface area contributed by atoms with Gasteiger partial charge in [0.1, 0.15) is 5.65 Å². The summed E-state index contributed by atoms with van der Waals surface area (Å²) in [6, 6.07) is 3.51. The van der Waals surface area contributed by atoms with E-state index in [0.29, 0.717) is 30.1 Å². The minimum absolute atomic E-state index is 0.191.